The Kier molecular flexibility index (Phi) is 5.38. The van der Waals surface area contributed by atoms with Gasteiger partial charge in [0.1, 0.15) is 4.88 Å². The Hall–Kier alpha value is -1.99. The van der Waals surface area contributed by atoms with Gasteiger partial charge in [-0.3, -0.25) is 9.69 Å². The van der Waals surface area contributed by atoms with Crippen LogP contribution in [0.3, 0.4) is 0 Å². The highest BCUT2D eigenvalue weighted by Gasteiger charge is 2.26. The molecular weight excluding hydrogens is 410 g/mol. The normalized spacial score (nSPS) is 11.6. The number of rotatable bonds is 5. The molecule has 0 aliphatic carbocycles. The SMILES string of the molecule is Cc1ccc2nc(N(CCN(C)C)C(=O)c3sc4ccccc4c3Cl)sc2c1. The maximum Gasteiger partial charge on any atom is 0.271 e. The topological polar surface area (TPSA) is 36.4 Å². The van der Waals surface area contributed by atoms with E-state index in [-0.39, 0.29) is 5.91 Å². The number of thiazole rings is 1. The summed E-state index contributed by atoms with van der Waals surface area (Å²) in [6.07, 6.45) is 0. The van der Waals surface area contributed by atoms with Crippen LogP contribution >= 0.6 is 34.3 Å². The molecule has 1 amide bonds. The fraction of sp³-hybridized carbons (Fsp3) is 0.238. The Morgan fingerprint density at radius 3 is 2.61 bits per heavy atom. The number of carbonyl (C=O) groups is 1. The number of amides is 1. The maximum atomic E-state index is 13.5. The van der Waals surface area contributed by atoms with E-state index in [4.69, 9.17) is 16.6 Å². The number of fused-ring (bicyclic) bond motifs is 2. The minimum atomic E-state index is -0.0937. The van der Waals surface area contributed by atoms with Crippen LogP contribution in [0.2, 0.25) is 5.02 Å². The molecule has 0 spiro atoms. The molecule has 28 heavy (non-hydrogen) atoms. The summed E-state index contributed by atoms with van der Waals surface area (Å²) in [5.41, 5.74) is 2.09. The van der Waals surface area contributed by atoms with Crippen molar-refractivity contribution in [2.75, 3.05) is 32.1 Å². The van der Waals surface area contributed by atoms with Gasteiger partial charge in [0.05, 0.1) is 15.2 Å². The van der Waals surface area contributed by atoms with Gasteiger partial charge in [-0.2, -0.15) is 0 Å². The zero-order chi connectivity index (χ0) is 19.8. The van der Waals surface area contributed by atoms with E-state index >= 15 is 0 Å². The minimum absolute atomic E-state index is 0.0937. The van der Waals surface area contributed by atoms with E-state index in [1.807, 2.05) is 50.5 Å². The van der Waals surface area contributed by atoms with Crippen LogP contribution in [0.25, 0.3) is 20.3 Å². The van der Waals surface area contributed by atoms with Crippen molar-refractivity contribution in [3.8, 4) is 0 Å². The lowest BCUT2D eigenvalue weighted by Crippen LogP contribution is -2.36. The maximum absolute atomic E-state index is 13.5. The quantitative estimate of drug-likeness (QED) is 0.409. The first kappa shape index (κ1) is 19.3. The summed E-state index contributed by atoms with van der Waals surface area (Å²) in [5.74, 6) is -0.0937. The molecule has 0 radical (unpaired) electrons. The van der Waals surface area contributed by atoms with Crippen molar-refractivity contribution in [3.05, 3.63) is 57.9 Å². The van der Waals surface area contributed by atoms with Gasteiger partial charge in [0.15, 0.2) is 5.13 Å². The standard InChI is InChI=1S/C21H20ClN3OS2/c1-13-8-9-15-17(12-13)28-21(23-15)25(11-10-24(2)3)20(26)19-18(22)14-6-4-5-7-16(14)27-19/h4-9,12H,10-11H2,1-3H3. The van der Waals surface area contributed by atoms with E-state index in [9.17, 15) is 4.79 Å². The molecule has 0 saturated carbocycles. The van der Waals surface area contributed by atoms with E-state index in [1.54, 1.807) is 16.2 Å². The summed E-state index contributed by atoms with van der Waals surface area (Å²) in [4.78, 5) is 22.6. The van der Waals surface area contributed by atoms with Gasteiger partial charge in [-0.1, -0.05) is 47.2 Å². The van der Waals surface area contributed by atoms with Crippen molar-refractivity contribution >= 4 is 65.6 Å². The number of hydrogen-bond acceptors (Lipinski definition) is 5. The number of likely N-dealkylation sites (N-methyl/N-ethyl adjacent to an activating group) is 1. The van der Waals surface area contributed by atoms with Crippen LogP contribution in [-0.4, -0.2) is 43.0 Å². The van der Waals surface area contributed by atoms with Crippen LogP contribution in [-0.2, 0) is 0 Å². The van der Waals surface area contributed by atoms with Gasteiger partial charge in [0, 0.05) is 23.2 Å². The average Bonchev–Trinajstić information content (AvgIpc) is 3.22. The van der Waals surface area contributed by atoms with Gasteiger partial charge in [-0.15, -0.1) is 11.3 Å². The summed E-state index contributed by atoms with van der Waals surface area (Å²) < 4.78 is 2.10. The molecule has 7 heteroatoms. The van der Waals surface area contributed by atoms with Gasteiger partial charge in [0.25, 0.3) is 5.91 Å². The largest absolute Gasteiger partial charge is 0.308 e. The Morgan fingerprint density at radius 2 is 1.86 bits per heavy atom. The Bertz CT molecular complexity index is 1170. The summed E-state index contributed by atoms with van der Waals surface area (Å²) in [7, 11) is 3.99. The van der Waals surface area contributed by atoms with Crippen LogP contribution in [0, 0.1) is 6.92 Å². The predicted octanol–water partition coefficient (Wildman–Crippen LogP) is 5.68. The molecule has 0 fully saturated rings. The van der Waals surface area contributed by atoms with Crippen molar-refractivity contribution in [1.82, 2.24) is 9.88 Å². The van der Waals surface area contributed by atoms with Crippen molar-refractivity contribution in [3.63, 3.8) is 0 Å². The Morgan fingerprint density at radius 1 is 1.07 bits per heavy atom. The molecule has 0 N–H and O–H groups in total. The number of anilines is 1. The van der Waals surface area contributed by atoms with Crippen LogP contribution in [0.1, 0.15) is 15.2 Å². The highest BCUT2D eigenvalue weighted by Crippen LogP contribution is 2.37. The first-order valence-electron chi connectivity index (χ1n) is 8.95. The Balaban J connectivity index is 1.77. The first-order valence-corrected chi connectivity index (χ1v) is 11.0. The highest BCUT2D eigenvalue weighted by molar-refractivity contribution is 7.23. The van der Waals surface area contributed by atoms with E-state index in [0.29, 0.717) is 21.6 Å². The number of nitrogens with zero attached hydrogens (tertiary/aromatic N) is 3. The van der Waals surface area contributed by atoms with Crippen molar-refractivity contribution in [2.24, 2.45) is 0 Å². The van der Waals surface area contributed by atoms with Crippen LogP contribution in [0.15, 0.2) is 42.5 Å². The van der Waals surface area contributed by atoms with Gasteiger partial charge >= 0.3 is 0 Å². The molecule has 4 aromatic rings. The Labute approximate surface area is 177 Å². The van der Waals surface area contributed by atoms with E-state index in [0.717, 1.165) is 26.8 Å². The number of thiophene rings is 1. The number of aromatic nitrogens is 1. The molecule has 0 unspecified atom stereocenters. The fourth-order valence-corrected chi connectivity index (χ4v) is 5.54. The molecule has 0 bridgehead atoms. The van der Waals surface area contributed by atoms with Crippen molar-refractivity contribution < 1.29 is 4.79 Å². The predicted molar refractivity (Wildman–Crippen MR) is 121 cm³/mol. The van der Waals surface area contributed by atoms with E-state index in [1.165, 1.54) is 16.9 Å². The first-order chi connectivity index (χ1) is 13.4. The number of benzene rings is 2. The van der Waals surface area contributed by atoms with Crippen LogP contribution < -0.4 is 4.90 Å². The van der Waals surface area contributed by atoms with Crippen molar-refractivity contribution in [1.29, 1.82) is 0 Å². The molecule has 4 rings (SSSR count). The molecule has 0 saturated heterocycles. The second-order valence-corrected chi connectivity index (χ2v) is 9.41. The smallest absolute Gasteiger partial charge is 0.271 e. The molecule has 0 atom stereocenters. The summed E-state index contributed by atoms with van der Waals surface area (Å²) in [5, 5.41) is 2.16. The monoisotopic (exact) mass is 429 g/mol. The van der Waals surface area contributed by atoms with Gasteiger partial charge in [0.2, 0.25) is 0 Å². The van der Waals surface area contributed by atoms with Gasteiger partial charge < -0.3 is 4.90 Å². The van der Waals surface area contributed by atoms with E-state index < -0.39 is 0 Å². The number of halogens is 1. The lowest BCUT2D eigenvalue weighted by Gasteiger charge is -2.21. The van der Waals surface area contributed by atoms with Crippen LogP contribution in [0.4, 0.5) is 5.13 Å². The molecule has 2 aromatic heterocycles. The lowest BCUT2D eigenvalue weighted by molar-refractivity contribution is 0.0989. The van der Waals surface area contributed by atoms with Gasteiger partial charge in [-0.05, 0) is 44.8 Å². The summed E-state index contributed by atoms with van der Waals surface area (Å²) >= 11 is 9.56. The summed E-state index contributed by atoms with van der Waals surface area (Å²) in [6, 6.07) is 14.0. The third kappa shape index (κ3) is 3.65. The molecular formula is C21H20ClN3OS2. The highest BCUT2D eigenvalue weighted by atomic mass is 35.5. The number of hydrogen-bond donors (Lipinski definition) is 0. The summed E-state index contributed by atoms with van der Waals surface area (Å²) in [6.45, 7) is 3.35. The van der Waals surface area contributed by atoms with E-state index in [2.05, 4.69) is 17.9 Å². The number of aryl methyl sites for hydroxylation is 1. The molecule has 4 nitrogen and oxygen atoms in total. The third-order valence-electron chi connectivity index (χ3n) is 4.51. The fourth-order valence-electron chi connectivity index (χ4n) is 2.99. The third-order valence-corrected chi connectivity index (χ3v) is 7.21. The van der Waals surface area contributed by atoms with Gasteiger partial charge in [-0.25, -0.2) is 4.98 Å². The van der Waals surface area contributed by atoms with Crippen LogP contribution in [0.5, 0.6) is 0 Å². The second-order valence-electron chi connectivity index (χ2n) is 6.97. The lowest BCUT2D eigenvalue weighted by atomic mass is 10.2. The minimum Gasteiger partial charge on any atom is -0.308 e. The molecule has 0 aliphatic rings. The van der Waals surface area contributed by atoms with Crippen molar-refractivity contribution in [2.45, 2.75) is 6.92 Å². The number of carbonyl (C=O) groups excluding carboxylic acids is 1. The zero-order valence-electron chi connectivity index (χ0n) is 15.9. The molecule has 0 aliphatic heterocycles. The molecule has 2 aromatic carbocycles. The molecule has 144 valence electrons. The zero-order valence-corrected chi connectivity index (χ0v) is 18.3. The average molecular weight is 430 g/mol. The molecule has 2 heterocycles. The second kappa shape index (κ2) is 7.79.